The summed E-state index contributed by atoms with van der Waals surface area (Å²) in [5, 5.41) is 0. The van der Waals surface area contributed by atoms with Crippen molar-refractivity contribution in [3.8, 4) is 0 Å². The molecule has 0 radical (unpaired) electrons. The Hall–Kier alpha value is -3.13. The highest BCUT2D eigenvalue weighted by Crippen LogP contribution is 2.41. The lowest BCUT2D eigenvalue weighted by atomic mass is 9.75. The topological polar surface area (TPSA) is 73.8 Å². The van der Waals surface area contributed by atoms with Gasteiger partial charge in [0.05, 0.1) is 12.0 Å². The number of carbonyl (C=O) groups is 3. The monoisotopic (exact) mass is 438 g/mol. The highest BCUT2D eigenvalue weighted by atomic mass is 19.1. The first-order valence-corrected chi connectivity index (χ1v) is 10.8. The first-order chi connectivity index (χ1) is 15.3. The zero-order valence-corrected chi connectivity index (χ0v) is 18.3. The summed E-state index contributed by atoms with van der Waals surface area (Å²) in [5.41, 5.74) is -0.339. The number of aromatic nitrogens is 1. The van der Waals surface area contributed by atoms with Crippen LogP contribution in [-0.4, -0.2) is 70.1 Å². The fraction of sp³-hybridized carbons (Fsp3) is 0.417. The molecule has 7 nitrogen and oxygen atoms in total. The molecule has 2 fully saturated rings. The number of likely N-dealkylation sites (N-methyl/N-ethyl adjacent to an activating group) is 1. The predicted molar refractivity (Wildman–Crippen MR) is 116 cm³/mol. The lowest BCUT2D eigenvalue weighted by Gasteiger charge is -2.39. The maximum Gasteiger partial charge on any atom is 0.241 e. The van der Waals surface area contributed by atoms with E-state index in [4.69, 9.17) is 0 Å². The van der Waals surface area contributed by atoms with Crippen LogP contribution in [0.3, 0.4) is 0 Å². The van der Waals surface area contributed by atoms with Crippen LogP contribution in [0.4, 0.5) is 4.39 Å². The maximum absolute atomic E-state index is 14.1. The van der Waals surface area contributed by atoms with Gasteiger partial charge in [-0.05, 0) is 43.3 Å². The van der Waals surface area contributed by atoms with Crippen LogP contribution < -0.4 is 0 Å². The van der Waals surface area contributed by atoms with Crippen LogP contribution in [0, 0.1) is 5.82 Å². The highest BCUT2D eigenvalue weighted by molar-refractivity contribution is 6.10. The standard InChI is InChI=1S/C24H27FN4O3/c1-17-15-28(10-9-27(17)2)21(30)12-24(19-6-3-7-20(25)11-19)13-22(31)29(23(24)32)16-18-5-4-8-26-14-18/h3-8,11,14,17H,9-10,12-13,15-16H2,1-2H3/t17-,24+/m0/s1. The van der Waals surface area contributed by atoms with Gasteiger partial charge in [-0.25, -0.2) is 4.39 Å². The van der Waals surface area contributed by atoms with Crippen molar-refractivity contribution in [1.29, 1.82) is 0 Å². The van der Waals surface area contributed by atoms with Gasteiger partial charge in [0, 0.05) is 50.9 Å². The molecule has 0 spiro atoms. The molecule has 0 saturated carbocycles. The number of nitrogens with zero attached hydrogens (tertiary/aromatic N) is 4. The molecule has 0 N–H and O–H groups in total. The number of imide groups is 1. The number of rotatable bonds is 5. The first-order valence-electron chi connectivity index (χ1n) is 10.8. The molecule has 1 aromatic carbocycles. The Bertz CT molecular complexity index is 1030. The second-order valence-electron chi connectivity index (χ2n) is 8.76. The number of likely N-dealkylation sites (tertiary alicyclic amines) is 1. The molecule has 1 aromatic heterocycles. The normalized spacial score (nSPS) is 24.3. The lowest BCUT2D eigenvalue weighted by molar-refractivity contribution is -0.144. The number of piperazine rings is 1. The van der Waals surface area contributed by atoms with Gasteiger partial charge in [0.2, 0.25) is 17.7 Å². The molecule has 0 aliphatic carbocycles. The summed E-state index contributed by atoms with van der Waals surface area (Å²) in [4.78, 5) is 49.1. The van der Waals surface area contributed by atoms with Crippen molar-refractivity contribution in [2.45, 2.75) is 37.8 Å². The summed E-state index contributed by atoms with van der Waals surface area (Å²) in [5.74, 6) is -1.54. The van der Waals surface area contributed by atoms with E-state index in [0.29, 0.717) is 24.2 Å². The molecule has 2 aliphatic heterocycles. The largest absolute Gasteiger partial charge is 0.340 e. The molecule has 4 rings (SSSR count). The molecule has 2 aliphatic rings. The van der Waals surface area contributed by atoms with Crippen LogP contribution in [0.25, 0.3) is 0 Å². The van der Waals surface area contributed by atoms with E-state index < -0.39 is 17.1 Å². The second kappa shape index (κ2) is 8.78. The van der Waals surface area contributed by atoms with Gasteiger partial charge in [0.1, 0.15) is 5.82 Å². The maximum atomic E-state index is 14.1. The Morgan fingerprint density at radius 1 is 1.22 bits per heavy atom. The quantitative estimate of drug-likeness (QED) is 0.668. The van der Waals surface area contributed by atoms with Gasteiger partial charge < -0.3 is 9.80 Å². The summed E-state index contributed by atoms with van der Waals surface area (Å²) in [7, 11) is 2.01. The first kappa shape index (κ1) is 22.1. The molecular weight excluding hydrogens is 411 g/mol. The zero-order valence-electron chi connectivity index (χ0n) is 18.3. The van der Waals surface area contributed by atoms with Gasteiger partial charge in [0.15, 0.2) is 0 Å². The number of halogens is 1. The Balaban J connectivity index is 1.66. The summed E-state index contributed by atoms with van der Waals surface area (Å²) in [6, 6.07) is 9.40. The van der Waals surface area contributed by atoms with Crippen molar-refractivity contribution < 1.29 is 18.8 Å². The smallest absolute Gasteiger partial charge is 0.241 e. The van der Waals surface area contributed by atoms with Crippen molar-refractivity contribution in [2.75, 3.05) is 26.7 Å². The van der Waals surface area contributed by atoms with Gasteiger partial charge in [-0.3, -0.25) is 24.3 Å². The molecule has 32 heavy (non-hydrogen) atoms. The van der Waals surface area contributed by atoms with Crippen molar-refractivity contribution in [1.82, 2.24) is 19.7 Å². The van der Waals surface area contributed by atoms with E-state index in [1.54, 1.807) is 35.5 Å². The fourth-order valence-electron chi connectivity index (χ4n) is 4.53. The SMILES string of the molecule is C[C@H]1CN(C(=O)C[C@]2(c3cccc(F)c3)CC(=O)N(Cc3cccnc3)C2=O)CCN1C. The summed E-state index contributed by atoms with van der Waals surface area (Å²) < 4.78 is 14.1. The van der Waals surface area contributed by atoms with E-state index in [-0.39, 0.29) is 37.2 Å². The van der Waals surface area contributed by atoms with Crippen molar-refractivity contribution in [3.63, 3.8) is 0 Å². The third-order valence-corrected chi connectivity index (χ3v) is 6.61. The average Bonchev–Trinajstić information content (AvgIpc) is 3.01. The minimum absolute atomic E-state index is 0.0717. The van der Waals surface area contributed by atoms with Crippen LogP contribution in [0.5, 0.6) is 0 Å². The molecule has 0 bridgehead atoms. The van der Waals surface area contributed by atoms with Gasteiger partial charge in [-0.15, -0.1) is 0 Å². The van der Waals surface area contributed by atoms with Crippen molar-refractivity contribution in [2.24, 2.45) is 0 Å². The van der Waals surface area contributed by atoms with E-state index in [1.807, 2.05) is 14.0 Å². The lowest BCUT2D eigenvalue weighted by Crippen LogP contribution is -2.53. The molecule has 0 unspecified atom stereocenters. The van der Waals surface area contributed by atoms with E-state index in [2.05, 4.69) is 9.88 Å². The third-order valence-electron chi connectivity index (χ3n) is 6.61. The third kappa shape index (κ3) is 4.14. The molecule has 2 saturated heterocycles. The summed E-state index contributed by atoms with van der Waals surface area (Å²) in [6.45, 7) is 3.96. The van der Waals surface area contributed by atoms with Crippen LogP contribution >= 0.6 is 0 Å². The number of hydrogen-bond donors (Lipinski definition) is 0. The van der Waals surface area contributed by atoms with E-state index in [1.165, 1.54) is 23.1 Å². The van der Waals surface area contributed by atoms with Gasteiger partial charge in [-0.2, -0.15) is 0 Å². The zero-order chi connectivity index (χ0) is 22.9. The Kier molecular flexibility index (Phi) is 6.06. The molecule has 168 valence electrons. The highest BCUT2D eigenvalue weighted by Gasteiger charge is 2.54. The average molecular weight is 439 g/mol. The molecular formula is C24H27FN4O3. The van der Waals surface area contributed by atoms with E-state index >= 15 is 0 Å². The molecule has 3 amide bonds. The van der Waals surface area contributed by atoms with Crippen LogP contribution in [0.1, 0.15) is 30.9 Å². The predicted octanol–water partition coefficient (Wildman–Crippen LogP) is 1.97. The van der Waals surface area contributed by atoms with Crippen molar-refractivity contribution in [3.05, 3.63) is 65.7 Å². The Labute approximate surface area is 186 Å². The number of benzene rings is 1. The van der Waals surface area contributed by atoms with Crippen LogP contribution in [0.2, 0.25) is 0 Å². The Morgan fingerprint density at radius 2 is 2.03 bits per heavy atom. The fourth-order valence-corrected chi connectivity index (χ4v) is 4.53. The molecule has 8 heteroatoms. The van der Waals surface area contributed by atoms with Crippen molar-refractivity contribution >= 4 is 17.7 Å². The minimum atomic E-state index is -1.41. The minimum Gasteiger partial charge on any atom is -0.340 e. The number of amides is 3. The second-order valence-corrected chi connectivity index (χ2v) is 8.76. The van der Waals surface area contributed by atoms with Gasteiger partial charge >= 0.3 is 0 Å². The molecule has 2 atom stereocenters. The van der Waals surface area contributed by atoms with E-state index in [9.17, 15) is 18.8 Å². The van der Waals surface area contributed by atoms with Crippen LogP contribution in [0.15, 0.2) is 48.8 Å². The van der Waals surface area contributed by atoms with E-state index in [0.717, 1.165) is 6.54 Å². The number of pyridine rings is 1. The van der Waals surface area contributed by atoms with Gasteiger partial charge in [-0.1, -0.05) is 18.2 Å². The summed E-state index contributed by atoms with van der Waals surface area (Å²) >= 11 is 0. The van der Waals surface area contributed by atoms with Gasteiger partial charge in [0.25, 0.3) is 0 Å². The molecule has 2 aromatic rings. The van der Waals surface area contributed by atoms with Crippen LogP contribution in [-0.2, 0) is 26.3 Å². The summed E-state index contributed by atoms with van der Waals surface area (Å²) in [6.07, 6.45) is 2.88. The molecule has 3 heterocycles. The number of hydrogen-bond acceptors (Lipinski definition) is 5. The number of carbonyl (C=O) groups excluding carboxylic acids is 3. The Morgan fingerprint density at radius 3 is 2.72 bits per heavy atom.